The van der Waals surface area contributed by atoms with Gasteiger partial charge in [0.05, 0.1) is 0 Å². The van der Waals surface area contributed by atoms with E-state index in [4.69, 9.17) is 4.74 Å². The minimum atomic E-state index is 0.787. The van der Waals surface area contributed by atoms with Gasteiger partial charge in [-0.1, -0.05) is 0 Å². The molecule has 4 aliphatic heterocycles. The maximum Gasteiger partial charge on any atom is 0.0469 e. The van der Waals surface area contributed by atoms with Crippen molar-refractivity contribution in [3.63, 3.8) is 0 Å². The Morgan fingerprint density at radius 1 is 1.13 bits per heavy atom. The van der Waals surface area contributed by atoms with Crippen LogP contribution in [0.1, 0.15) is 25.7 Å². The molecule has 4 heterocycles. The molecule has 86 valence electrons. The Morgan fingerprint density at radius 2 is 2.00 bits per heavy atom. The first kappa shape index (κ1) is 10.1. The largest absolute Gasteiger partial charge is 0.381 e. The van der Waals surface area contributed by atoms with Gasteiger partial charge in [-0.25, -0.2) is 0 Å². The van der Waals surface area contributed by atoms with Crippen molar-refractivity contribution < 1.29 is 4.74 Å². The molecule has 0 amide bonds. The number of fused-ring (bicyclic) bond motifs is 3. The van der Waals surface area contributed by atoms with E-state index in [0.717, 1.165) is 31.2 Å². The Hall–Kier alpha value is -0.120. The van der Waals surface area contributed by atoms with Crippen LogP contribution in [0.15, 0.2) is 0 Å². The summed E-state index contributed by atoms with van der Waals surface area (Å²) in [6.45, 7) is 5.83. The van der Waals surface area contributed by atoms with Crippen molar-refractivity contribution in [2.75, 3.05) is 32.8 Å². The Balaban J connectivity index is 1.54. The van der Waals surface area contributed by atoms with Crippen molar-refractivity contribution in [1.82, 2.24) is 10.2 Å². The molecule has 15 heavy (non-hydrogen) atoms. The van der Waals surface area contributed by atoms with Crippen LogP contribution in [0.3, 0.4) is 0 Å². The van der Waals surface area contributed by atoms with Gasteiger partial charge in [-0.05, 0) is 31.6 Å². The monoisotopic (exact) mass is 210 g/mol. The quantitative estimate of drug-likeness (QED) is 0.731. The summed E-state index contributed by atoms with van der Waals surface area (Å²) in [5.41, 5.74) is 0. The third kappa shape index (κ3) is 2.19. The Bertz CT molecular complexity index is 208. The van der Waals surface area contributed by atoms with Gasteiger partial charge < -0.3 is 10.1 Å². The predicted molar refractivity (Wildman–Crippen MR) is 59.9 cm³/mol. The van der Waals surface area contributed by atoms with Gasteiger partial charge >= 0.3 is 0 Å². The molecule has 2 atom stereocenters. The molecule has 2 bridgehead atoms. The van der Waals surface area contributed by atoms with Crippen LogP contribution in [-0.4, -0.2) is 49.8 Å². The van der Waals surface area contributed by atoms with Crippen molar-refractivity contribution in [3.05, 3.63) is 0 Å². The van der Waals surface area contributed by atoms with Gasteiger partial charge in [-0.3, -0.25) is 4.90 Å². The minimum absolute atomic E-state index is 0.787. The summed E-state index contributed by atoms with van der Waals surface area (Å²) >= 11 is 0. The average molecular weight is 210 g/mol. The van der Waals surface area contributed by atoms with Crippen LogP contribution in [0.25, 0.3) is 0 Å². The molecule has 4 aliphatic rings. The standard InChI is InChI=1S/C12H22N2O/c1-2-12-7-13-11(1)9-14(12)8-10-3-5-15-6-4-10/h10-13H,1-9H2. The second-order valence-electron chi connectivity index (χ2n) is 5.35. The predicted octanol–water partition coefficient (Wildman–Crippen LogP) is 0.849. The van der Waals surface area contributed by atoms with E-state index in [9.17, 15) is 0 Å². The van der Waals surface area contributed by atoms with Crippen LogP contribution >= 0.6 is 0 Å². The van der Waals surface area contributed by atoms with E-state index >= 15 is 0 Å². The van der Waals surface area contributed by atoms with Crippen molar-refractivity contribution in [2.24, 2.45) is 5.92 Å². The molecule has 0 aromatic heterocycles. The van der Waals surface area contributed by atoms with Crippen LogP contribution in [0, 0.1) is 5.92 Å². The van der Waals surface area contributed by atoms with Gasteiger partial charge in [0, 0.05) is 44.9 Å². The molecule has 1 N–H and O–H groups in total. The average Bonchev–Trinajstić information content (AvgIpc) is 2.32. The van der Waals surface area contributed by atoms with E-state index in [-0.39, 0.29) is 0 Å². The third-order valence-electron chi connectivity index (χ3n) is 4.30. The molecule has 3 nitrogen and oxygen atoms in total. The van der Waals surface area contributed by atoms with Crippen molar-refractivity contribution in [1.29, 1.82) is 0 Å². The number of rotatable bonds is 2. The number of nitrogens with one attached hydrogen (secondary N) is 1. The fourth-order valence-electron chi connectivity index (χ4n) is 3.28. The first-order valence-electron chi connectivity index (χ1n) is 6.47. The highest BCUT2D eigenvalue weighted by molar-refractivity contribution is 4.93. The van der Waals surface area contributed by atoms with E-state index in [2.05, 4.69) is 10.2 Å². The summed E-state index contributed by atoms with van der Waals surface area (Å²) in [5, 5.41) is 3.62. The second-order valence-corrected chi connectivity index (χ2v) is 5.35. The molecule has 4 fully saturated rings. The number of hydrogen-bond donors (Lipinski definition) is 1. The lowest BCUT2D eigenvalue weighted by Crippen LogP contribution is -2.61. The van der Waals surface area contributed by atoms with E-state index in [1.54, 1.807) is 0 Å². The Labute approximate surface area is 92.2 Å². The topological polar surface area (TPSA) is 24.5 Å². The van der Waals surface area contributed by atoms with Gasteiger partial charge in [0.15, 0.2) is 0 Å². The molecule has 0 radical (unpaired) electrons. The van der Waals surface area contributed by atoms with Crippen molar-refractivity contribution in [2.45, 2.75) is 37.8 Å². The fourth-order valence-corrected chi connectivity index (χ4v) is 3.28. The molecule has 0 aliphatic carbocycles. The molecule has 4 saturated heterocycles. The molecular formula is C12H22N2O. The summed E-state index contributed by atoms with van der Waals surface area (Å²) in [7, 11) is 0. The smallest absolute Gasteiger partial charge is 0.0469 e. The second kappa shape index (κ2) is 4.40. The first-order chi connectivity index (χ1) is 7.42. The number of nitrogens with zero attached hydrogens (tertiary/aromatic N) is 1. The number of piperidine rings is 2. The van der Waals surface area contributed by atoms with E-state index in [1.165, 1.54) is 45.3 Å². The number of hydrogen-bond acceptors (Lipinski definition) is 3. The van der Waals surface area contributed by atoms with Crippen molar-refractivity contribution >= 4 is 0 Å². The molecule has 0 saturated carbocycles. The van der Waals surface area contributed by atoms with E-state index < -0.39 is 0 Å². The number of ether oxygens (including phenoxy) is 1. The van der Waals surface area contributed by atoms with Crippen LogP contribution in [0.4, 0.5) is 0 Å². The molecule has 0 spiro atoms. The third-order valence-corrected chi connectivity index (χ3v) is 4.30. The highest BCUT2D eigenvalue weighted by Gasteiger charge is 2.34. The van der Waals surface area contributed by atoms with Gasteiger partial charge in [-0.15, -0.1) is 0 Å². The summed E-state index contributed by atoms with van der Waals surface area (Å²) in [6.07, 6.45) is 5.37. The summed E-state index contributed by atoms with van der Waals surface area (Å²) in [4.78, 5) is 2.74. The molecule has 0 aromatic rings. The maximum absolute atomic E-state index is 5.42. The molecular weight excluding hydrogens is 188 g/mol. The van der Waals surface area contributed by atoms with Crippen LogP contribution in [-0.2, 0) is 4.74 Å². The lowest BCUT2D eigenvalue weighted by Gasteiger charge is -2.47. The zero-order chi connectivity index (χ0) is 10.1. The zero-order valence-corrected chi connectivity index (χ0v) is 9.45. The first-order valence-corrected chi connectivity index (χ1v) is 6.47. The van der Waals surface area contributed by atoms with Crippen LogP contribution in [0.5, 0.6) is 0 Å². The summed E-state index contributed by atoms with van der Waals surface area (Å²) in [5.74, 6) is 0.901. The van der Waals surface area contributed by atoms with Crippen molar-refractivity contribution in [3.8, 4) is 0 Å². The Morgan fingerprint density at radius 3 is 2.60 bits per heavy atom. The highest BCUT2D eigenvalue weighted by Crippen LogP contribution is 2.25. The highest BCUT2D eigenvalue weighted by atomic mass is 16.5. The summed E-state index contributed by atoms with van der Waals surface area (Å²) < 4.78 is 5.42. The normalized spacial score (nSPS) is 38.4. The van der Waals surface area contributed by atoms with Crippen LogP contribution in [0.2, 0.25) is 0 Å². The van der Waals surface area contributed by atoms with Gasteiger partial charge in [0.1, 0.15) is 0 Å². The molecule has 0 aromatic carbocycles. The molecule has 3 heteroatoms. The molecule has 2 unspecified atom stereocenters. The number of piperazine rings is 1. The van der Waals surface area contributed by atoms with Gasteiger partial charge in [-0.2, -0.15) is 0 Å². The van der Waals surface area contributed by atoms with Crippen LogP contribution < -0.4 is 5.32 Å². The SMILES string of the molecule is C1CC(CN2CC3CCC2CN3)CCO1. The Kier molecular flexibility index (Phi) is 2.95. The minimum Gasteiger partial charge on any atom is -0.381 e. The van der Waals surface area contributed by atoms with E-state index in [1.807, 2.05) is 0 Å². The zero-order valence-electron chi connectivity index (χ0n) is 9.45. The van der Waals surface area contributed by atoms with Gasteiger partial charge in [0.2, 0.25) is 0 Å². The molecule has 4 rings (SSSR count). The lowest BCUT2D eigenvalue weighted by molar-refractivity contribution is 0.0193. The van der Waals surface area contributed by atoms with E-state index in [0.29, 0.717) is 0 Å². The lowest BCUT2D eigenvalue weighted by atomic mass is 9.90. The fraction of sp³-hybridized carbons (Fsp3) is 1.00. The summed E-state index contributed by atoms with van der Waals surface area (Å²) in [6, 6.07) is 1.62. The maximum atomic E-state index is 5.42. The van der Waals surface area contributed by atoms with Gasteiger partial charge in [0.25, 0.3) is 0 Å².